The first kappa shape index (κ1) is 30.8. The first-order chi connectivity index (χ1) is 22.5. The van der Waals surface area contributed by atoms with Gasteiger partial charge >= 0.3 is 0 Å². The summed E-state index contributed by atoms with van der Waals surface area (Å²) in [6.45, 7) is 13.0. The van der Waals surface area contributed by atoms with Crippen LogP contribution in [-0.4, -0.2) is 0 Å². The topological polar surface area (TPSA) is 0 Å². The molecule has 0 aliphatic carbocycles. The predicted octanol–water partition coefficient (Wildman–Crippen LogP) is 13.7. The van der Waals surface area contributed by atoms with Gasteiger partial charge in [-0.15, -0.1) is 0 Å². The van der Waals surface area contributed by atoms with E-state index in [0.29, 0.717) is 0 Å². The fourth-order valence-electron chi connectivity index (χ4n) is 6.46. The van der Waals surface area contributed by atoms with Crippen LogP contribution in [-0.2, 0) is 0 Å². The zero-order valence-electron chi connectivity index (χ0n) is 27.5. The molecule has 0 atom stereocenters. The highest BCUT2D eigenvalue weighted by molar-refractivity contribution is 6.20. The Kier molecular flexibility index (Phi) is 9.27. The number of hydrogen-bond donors (Lipinski definition) is 0. The smallest absolute Gasteiger partial charge is 0.00199 e. The third-order valence-electron chi connectivity index (χ3n) is 9.09. The van der Waals surface area contributed by atoms with Crippen LogP contribution < -0.4 is 0 Å². The third kappa shape index (κ3) is 6.17. The number of hydrogen-bond acceptors (Lipinski definition) is 0. The molecule has 0 spiro atoms. The lowest BCUT2D eigenvalue weighted by Gasteiger charge is -2.21. The Bertz CT molecular complexity index is 2080. The first-order valence-electron chi connectivity index (χ1n) is 16.4. The molecular formula is C46H42. The Morgan fingerprint density at radius 2 is 1.20 bits per heavy atom. The molecule has 6 rings (SSSR count). The molecule has 0 amide bonds. The van der Waals surface area contributed by atoms with Crippen LogP contribution >= 0.6 is 0 Å². The van der Waals surface area contributed by atoms with Crippen molar-refractivity contribution in [2.75, 3.05) is 0 Å². The van der Waals surface area contributed by atoms with Gasteiger partial charge in [0.2, 0.25) is 0 Å². The molecule has 226 valence electrons. The van der Waals surface area contributed by atoms with Gasteiger partial charge in [0.15, 0.2) is 0 Å². The van der Waals surface area contributed by atoms with Crippen molar-refractivity contribution in [1.82, 2.24) is 0 Å². The molecule has 0 saturated carbocycles. The minimum Gasteiger partial charge on any atom is -0.0958 e. The van der Waals surface area contributed by atoms with Crippen LogP contribution in [0.5, 0.6) is 0 Å². The molecule has 0 heteroatoms. The molecule has 0 fully saturated rings. The zero-order valence-corrected chi connectivity index (χ0v) is 27.5. The van der Waals surface area contributed by atoms with E-state index in [4.69, 9.17) is 0 Å². The Labute approximate surface area is 274 Å². The lowest BCUT2D eigenvalue weighted by Crippen LogP contribution is -1.96. The van der Waals surface area contributed by atoms with Crippen LogP contribution in [0.2, 0.25) is 0 Å². The summed E-state index contributed by atoms with van der Waals surface area (Å²) in [4.78, 5) is 0. The molecule has 0 aromatic heterocycles. The second kappa shape index (κ2) is 13.8. The summed E-state index contributed by atoms with van der Waals surface area (Å²) in [7, 11) is 0. The Morgan fingerprint density at radius 3 is 1.85 bits per heavy atom. The maximum absolute atomic E-state index is 4.28. The highest BCUT2D eigenvalue weighted by atomic mass is 14.2. The predicted molar refractivity (Wildman–Crippen MR) is 204 cm³/mol. The zero-order chi connectivity index (χ0) is 32.0. The van der Waals surface area contributed by atoms with Gasteiger partial charge in [-0.2, -0.15) is 0 Å². The second-order valence-corrected chi connectivity index (χ2v) is 12.2. The molecule has 0 heterocycles. The average molecular weight is 595 g/mol. The van der Waals surface area contributed by atoms with Crippen molar-refractivity contribution in [1.29, 1.82) is 0 Å². The van der Waals surface area contributed by atoms with E-state index < -0.39 is 0 Å². The van der Waals surface area contributed by atoms with E-state index in [1.165, 1.54) is 83.6 Å². The average Bonchev–Trinajstić information content (AvgIpc) is 3.10. The Balaban J connectivity index is 1.64. The minimum atomic E-state index is 1.10. The SMILES string of the molecule is C=C(C)/C(C)=C(\C)c1c2ccccc2c(-c2cc(-c3cccc(C=C/C=C\CCC)c3)ccc2-c2ccccc2)c2ccccc12. The maximum Gasteiger partial charge on any atom is -0.00199 e. The van der Waals surface area contributed by atoms with Crippen LogP contribution in [0.1, 0.15) is 51.7 Å². The van der Waals surface area contributed by atoms with Crippen molar-refractivity contribution in [3.05, 3.63) is 168 Å². The second-order valence-electron chi connectivity index (χ2n) is 12.2. The molecule has 0 saturated heterocycles. The normalized spacial score (nSPS) is 12.3. The number of allylic oxidation sites excluding steroid dienone is 6. The summed E-state index contributed by atoms with van der Waals surface area (Å²) >= 11 is 0. The van der Waals surface area contributed by atoms with Gasteiger partial charge in [0, 0.05) is 0 Å². The van der Waals surface area contributed by atoms with Crippen LogP contribution in [0.15, 0.2) is 157 Å². The molecule has 6 aromatic rings. The monoisotopic (exact) mass is 594 g/mol. The molecule has 0 aliphatic rings. The number of rotatable bonds is 9. The highest BCUT2D eigenvalue weighted by Crippen LogP contribution is 2.46. The lowest BCUT2D eigenvalue weighted by atomic mass is 9.82. The minimum absolute atomic E-state index is 1.10. The van der Waals surface area contributed by atoms with Gasteiger partial charge in [-0.3, -0.25) is 0 Å². The first-order valence-corrected chi connectivity index (χ1v) is 16.4. The Hall–Kier alpha value is -5.20. The van der Waals surface area contributed by atoms with Crippen LogP contribution in [0, 0.1) is 0 Å². The van der Waals surface area contributed by atoms with Gasteiger partial charge in [0.05, 0.1) is 0 Å². The van der Waals surface area contributed by atoms with Gasteiger partial charge in [0.25, 0.3) is 0 Å². The fraction of sp³-hybridized carbons (Fsp3) is 0.130. The van der Waals surface area contributed by atoms with E-state index >= 15 is 0 Å². The number of fused-ring (bicyclic) bond motifs is 2. The molecule has 0 unspecified atom stereocenters. The van der Waals surface area contributed by atoms with E-state index in [1.54, 1.807) is 0 Å². The van der Waals surface area contributed by atoms with Crippen molar-refractivity contribution in [3.63, 3.8) is 0 Å². The largest absolute Gasteiger partial charge is 0.0958 e. The molecule has 46 heavy (non-hydrogen) atoms. The van der Waals surface area contributed by atoms with E-state index in [0.717, 1.165) is 12.0 Å². The number of unbranched alkanes of at least 4 members (excludes halogenated alkanes) is 1. The number of benzene rings is 6. The van der Waals surface area contributed by atoms with E-state index in [1.807, 2.05) is 0 Å². The van der Waals surface area contributed by atoms with Crippen LogP contribution in [0.25, 0.3) is 66.6 Å². The van der Waals surface area contributed by atoms with E-state index in [9.17, 15) is 0 Å². The summed E-state index contributed by atoms with van der Waals surface area (Å²) in [6.07, 6.45) is 11.0. The third-order valence-corrected chi connectivity index (χ3v) is 9.09. The summed E-state index contributed by atoms with van der Waals surface area (Å²) in [5, 5.41) is 5.05. The summed E-state index contributed by atoms with van der Waals surface area (Å²) in [6, 6.07) is 44.5. The van der Waals surface area contributed by atoms with E-state index in [-0.39, 0.29) is 0 Å². The van der Waals surface area contributed by atoms with Crippen molar-refractivity contribution >= 4 is 33.2 Å². The summed E-state index contributed by atoms with van der Waals surface area (Å²) in [5.74, 6) is 0. The Morgan fingerprint density at radius 1 is 0.587 bits per heavy atom. The highest BCUT2D eigenvalue weighted by Gasteiger charge is 2.20. The quantitative estimate of drug-likeness (QED) is 0.115. The fourth-order valence-corrected chi connectivity index (χ4v) is 6.46. The van der Waals surface area contributed by atoms with Crippen molar-refractivity contribution < 1.29 is 0 Å². The maximum atomic E-state index is 4.28. The van der Waals surface area contributed by atoms with E-state index in [2.05, 4.69) is 180 Å². The molecule has 0 N–H and O–H groups in total. The van der Waals surface area contributed by atoms with Gasteiger partial charge in [-0.25, -0.2) is 0 Å². The molecular weight excluding hydrogens is 553 g/mol. The molecule has 0 bridgehead atoms. The standard InChI is InChI=1S/C46H42/c1-6-7-8-9-11-19-35-20-18-23-37(30-35)38-28-29-39(36-21-12-10-13-22-36)44(31-38)46-42-26-16-14-24-40(42)45(34(5)33(4)32(2)3)41-25-15-17-27-43(41)46/h8-31H,2,6-7H2,1,3-5H3/b9-8-,19-11?,34-33+. The van der Waals surface area contributed by atoms with Crippen LogP contribution in [0.3, 0.4) is 0 Å². The van der Waals surface area contributed by atoms with Crippen LogP contribution in [0.4, 0.5) is 0 Å². The van der Waals surface area contributed by atoms with Crippen molar-refractivity contribution in [3.8, 4) is 33.4 Å². The molecule has 6 aromatic carbocycles. The molecule has 0 radical (unpaired) electrons. The lowest BCUT2D eigenvalue weighted by molar-refractivity contribution is 0.959. The van der Waals surface area contributed by atoms with Gasteiger partial charge < -0.3 is 0 Å². The summed E-state index contributed by atoms with van der Waals surface area (Å²) in [5.41, 5.74) is 13.5. The van der Waals surface area contributed by atoms with Gasteiger partial charge in [-0.05, 0) is 117 Å². The van der Waals surface area contributed by atoms with Crippen molar-refractivity contribution in [2.24, 2.45) is 0 Å². The molecule has 0 aliphatic heterocycles. The van der Waals surface area contributed by atoms with Crippen molar-refractivity contribution in [2.45, 2.75) is 40.5 Å². The van der Waals surface area contributed by atoms with Gasteiger partial charge in [0.1, 0.15) is 0 Å². The summed E-state index contributed by atoms with van der Waals surface area (Å²) < 4.78 is 0. The van der Waals surface area contributed by atoms with Gasteiger partial charge in [-0.1, -0.05) is 159 Å². The molecule has 0 nitrogen and oxygen atoms in total.